The first kappa shape index (κ1) is 13.4. The van der Waals surface area contributed by atoms with Crippen molar-refractivity contribution in [2.24, 2.45) is 0 Å². The Balaban J connectivity index is 2.29. The fourth-order valence-electron chi connectivity index (χ4n) is 1.43. The summed E-state index contributed by atoms with van der Waals surface area (Å²) in [6, 6.07) is 4.35. The van der Waals surface area contributed by atoms with Gasteiger partial charge in [0.2, 0.25) is 0 Å². The summed E-state index contributed by atoms with van der Waals surface area (Å²) in [5.74, 6) is 0. The van der Waals surface area contributed by atoms with Crippen LogP contribution in [0.2, 0.25) is 0 Å². The van der Waals surface area contributed by atoms with E-state index in [1.54, 1.807) is 18.5 Å². The van der Waals surface area contributed by atoms with Crippen LogP contribution in [0.5, 0.6) is 0 Å². The molecule has 19 heavy (non-hydrogen) atoms. The number of aryl methyl sites for hydroxylation is 1. The summed E-state index contributed by atoms with van der Waals surface area (Å²) in [5, 5.41) is 20.5. The van der Waals surface area contributed by atoms with Crippen LogP contribution in [-0.4, -0.2) is 20.0 Å². The summed E-state index contributed by atoms with van der Waals surface area (Å²) in [6.07, 6.45) is 3.39. The number of hydrogen-bond acceptors (Lipinski definition) is 6. The molecular weight excluding hydrogens is 266 g/mol. The van der Waals surface area contributed by atoms with Gasteiger partial charge in [-0.3, -0.25) is 10.1 Å². The molecule has 0 aliphatic heterocycles. The second-order valence-corrected chi connectivity index (χ2v) is 4.86. The Labute approximate surface area is 113 Å². The third kappa shape index (κ3) is 3.27. The van der Waals surface area contributed by atoms with Gasteiger partial charge in [0, 0.05) is 29.4 Å². The third-order valence-electron chi connectivity index (χ3n) is 2.38. The molecule has 2 aromatic rings. The number of aromatic nitrogens is 2. The van der Waals surface area contributed by atoms with Crippen LogP contribution in [0.25, 0.3) is 0 Å². The van der Waals surface area contributed by atoms with Gasteiger partial charge < -0.3 is 5.11 Å². The second kappa shape index (κ2) is 5.77. The minimum absolute atomic E-state index is 0.0433. The Morgan fingerprint density at radius 2 is 2.05 bits per heavy atom. The molecule has 0 fully saturated rings. The second-order valence-electron chi connectivity index (χ2n) is 3.85. The lowest BCUT2D eigenvalue weighted by molar-refractivity contribution is -0.385. The van der Waals surface area contributed by atoms with Crippen LogP contribution in [0.1, 0.15) is 11.1 Å². The zero-order chi connectivity index (χ0) is 13.8. The highest BCUT2D eigenvalue weighted by atomic mass is 32.2. The molecule has 6 nitrogen and oxygen atoms in total. The first-order chi connectivity index (χ1) is 9.10. The third-order valence-corrected chi connectivity index (χ3v) is 3.40. The van der Waals surface area contributed by atoms with Gasteiger partial charge in [0.05, 0.1) is 11.5 Å². The van der Waals surface area contributed by atoms with E-state index in [1.165, 1.54) is 23.9 Å². The van der Waals surface area contributed by atoms with E-state index in [4.69, 9.17) is 0 Å². The lowest BCUT2D eigenvalue weighted by Gasteiger charge is -2.05. The van der Waals surface area contributed by atoms with Crippen molar-refractivity contribution in [2.75, 3.05) is 0 Å². The molecule has 1 N–H and O–H groups in total. The van der Waals surface area contributed by atoms with Crippen LogP contribution < -0.4 is 0 Å². The maximum Gasteiger partial charge on any atom is 0.269 e. The summed E-state index contributed by atoms with van der Waals surface area (Å²) < 4.78 is 0. The molecule has 0 unspecified atom stereocenters. The van der Waals surface area contributed by atoms with E-state index in [2.05, 4.69) is 9.97 Å². The van der Waals surface area contributed by atoms with E-state index >= 15 is 0 Å². The number of rotatable bonds is 4. The topological polar surface area (TPSA) is 89.2 Å². The number of nitrogens with zero attached hydrogens (tertiary/aromatic N) is 3. The van der Waals surface area contributed by atoms with Gasteiger partial charge in [-0.15, -0.1) is 0 Å². The van der Waals surface area contributed by atoms with Crippen molar-refractivity contribution in [3.8, 4) is 0 Å². The standard InChI is InChI=1S/C12H11N3O3S/c1-8-5-13-12(14-6-8)19-11-3-2-10(15(17)18)4-9(11)7-16/h2-6,16H,7H2,1H3. The van der Waals surface area contributed by atoms with E-state index in [1.807, 2.05) is 6.92 Å². The van der Waals surface area contributed by atoms with Gasteiger partial charge in [-0.1, -0.05) is 0 Å². The Bertz CT molecular complexity index is 602. The van der Waals surface area contributed by atoms with Gasteiger partial charge in [-0.25, -0.2) is 9.97 Å². The molecule has 1 heterocycles. The summed E-state index contributed by atoms with van der Waals surface area (Å²) in [6.45, 7) is 1.62. The lowest BCUT2D eigenvalue weighted by Crippen LogP contribution is -1.94. The van der Waals surface area contributed by atoms with Gasteiger partial charge in [0.15, 0.2) is 5.16 Å². The highest BCUT2D eigenvalue weighted by Crippen LogP contribution is 2.30. The number of nitro groups is 1. The molecule has 0 bridgehead atoms. The molecule has 0 aliphatic carbocycles. The quantitative estimate of drug-likeness (QED) is 0.524. The Hall–Kier alpha value is -1.99. The summed E-state index contributed by atoms with van der Waals surface area (Å²) in [4.78, 5) is 19.2. The predicted molar refractivity (Wildman–Crippen MR) is 69.9 cm³/mol. The minimum atomic E-state index is -0.490. The van der Waals surface area contributed by atoms with Gasteiger partial charge >= 0.3 is 0 Å². The highest BCUT2D eigenvalue weighted by molar-refractivity contribution is 7.99. The van der Waals surface area contributed by atoms with Crippen LogP contribution >= 0.6 is 11.8 Å². The van der Waals surface area contributed by atoms with Crippen LogP contribution in [0.15, 0.2) is 40.6 Å². The van der Waals surface area contributed by atoms with E-state index in [0.717, 1.165) is 5.56 Å². The zero-order valence-electron chi connectivity index (χ0n) is 10.1. The maximum atomic E-state index is 10.7. The highest BCUT2D eigenvalue weighted by Gasteiger charge is 2.12. The van der Waals surface area contributed by atoms with Gasteiger partial charge in [0.25, 0.3) is 5.69 Å². The molecule has 7 heteroatoms. The summed E-state index contributed by atoms with van der Waals surface area (Å²) in [7, 11) is 0. The molecule has 0 saturated carbocycles. The van der Waals surface area contributed by atoms with E-state index < -0.39 is 4.92 Å². The van der Waals surface area contributed by atoms with Gasteiger partial charge in [-0.2, -0.15) is 0 Å². The Kier molecular flexibility index (Phi) is 4.08. The minimum Gasteiger partial charge on any atom is -0.392 e. The fraction of sp³-hybridized carbons (Fsp3) is 0.167. The van der Waals surface area contributed by atoms with Crippen LogP contribution in [0, 0.1) is 17.0 Å². The van der Waals surface area contributed by atoms with Crippen molar-refractivity contribution in [2.45, 2.75) is 23.6 Å². The van der Waals surface area contributed by atoms with Crippen LogP contribution in [0.4, 0.5) is 5.69 Å². The largest absolute Gasteiger partial charge is 0.392 e. The molecule has 1 aromatic carbocycles. The van der Waals surface area contributed by atoms with Crippen molar-refractivity contribution in [1.82, 2.24) is 9.97 Å². The number of aliphatic hydroxyl groups excluding tert-OH is 1. The Morgan fingerprint density at radius 1 is 1.37 bits per heavy atom. The number of benzene rings is 1. The number of hydrogen-bond donors (Lipinski definition) is 1. The van der Waals surface area contributed by atoms with Crippen LogP contribution in [-0.2, 0) is 6.61 Å². The fourth-order valence-corrected chi connectivity index (χ4v) is 2.23. The normalized spacial score (nSPS) is 10.4. The monoisotopic (exact) mass is 277 g/mol. The average molecular weight is 277 g/mol. The van der Waals surface area contributed by atoms with Crippen molar-refractivity contribution in [3.63, 3.8) is 0 Å². The molecule has 1 aromatic heterocycles. The molecule has 0 atom stereocenters. The number of aliphatic hydroxyl groups is 1. The average Bonchev–Trinajstić information content (AvgIpc) is 2.41. The van der Waals surface area contributed by atoms with Crippen molar-refractivity contribution >= 4 is 17.4 Å². The molecule has 0 amide bonds. The Morgan fingerprint density at radius 3 is 2.63 bits per heavy atom. The molecule has 0 saturated heterocycles. The van der Waals surface area contributed by atoms with E-state index in [9.17, 15) is 15.2 Å². The number of non-ortho nitro benzene ring substituents is 1. The first-order valence-electron chi connectivity index (χ1n) is 5.45. The van der Waals surface area contributed by atoms with Crippen molar-refractivity contribution in [3.05, 3.63) is 51.8 Å². The van der Waals surface area contributed by atoms with Crippen molar-refractivity contribution < 1.29 is 10.0 Å². The molecular formula is C12H11N3O3S. The molecule has 0 aliphatic rings. The number of nitro benzene ring substituents is 1. The molecule has 98 valence electrons. The summed E-state index contributed by atoms with van der Waals surface area (Å²) in [5.41, 5.74) is 1.40. The summed E-state index contributed by atoms with van der Waals surface area (Å²) >= 11 is 1.26. The first-order valence-corrected chi connectivity index (χ1v) is 6.26. The van der Waals surface area contributed by atoms with Gasteiger partial charge in [0.1, 0.15) is 0 Å². The predicted octanol–water partition coefficient (Wildman–Crippen LogP) is 2.34. The SMILES string of the molecule is Cc1cnc(Sc2ccc([N+](=O)[O-])cc2CO)nc1. The van der Waals surface area contributed by atoms with E-state index in [-0.39, 0.29) is 12.3 Å². The van der Waals surface area contributed by atoms with Crippen LogP contribution in [0.3, 0.4) is 0 Å². The molecule has 2 rings (SSSR count). The van der Waals surface area contributed by atoms with E-state index in [0.29, 0.717) is 15.6 Å². The van der Waals surface area contributed by atoms with Crippen molar-refractivity contribution in [1.29, 1.82) is 0 Å². The molecule has 0 spiro atoms. The lowest BCUT2D eigenvalue weighted by atomic mass is 10.2. The smallest absolute Gasteiger partial charge is 0.269 e. The maximum absolute atomic E-state index is 10.7. The van der Waals surface area contributed by atoms with Gasteiger partial charge in [-0.05, 0) is 35.9 Å². The zero-order valence-corrected chi connectivity index (χ0v) is 10.9. The molecule has 0 radical (unpaired) electrons.